The molecular formula is C14H16F2N2O2. The van der Waals surface area contributed by atoms with Gasteiger partial charge in [-0.05, 0) is 30.0 Å². The van der Waals surface area contributed by atoms with E-state index in [1.54, 1.807) is 6.92 Å². The van der Waals surface area contributed by atoms with Crippen molar-refractivity contribution in [1.29, 1.82) is 0 Å². The Bertz CT molecular complexity index is 548. The van der Waals surface area contributed by atoms with Crippen molar-refractivity contribution in [2.75, 3.05) is 6.54 Å². The molecule has 0 unspecified atom stereocenters. The molecule has 1 saturated heterocycles. The molecule has 2 atom stereocenters. The minimum Gasteiger partial charge on any atom is -0.326 e. The van der Waals surface area contributed by atoms with Crippen LogP contribution in [0.3, 0.4) is 0 Å². The normalized spacial score (nSPS) is 20.2. The van der Waals surface area contributed by atoms with Crippen molar-refractivity contribution in [3.05, 3.63) is 35.4 Å². The zero-order valence-electron chi connectivity index (χ0n) is 11.3. The molecule has 3 amide bonds. The Balaban J connectivity index is 2.11. The Hall–Kier alpha value is -1.98. The lowest BCUT2D eigenvalue weighted by Crippen LogP contribution is -2.34. The van der Waals surface area contributed by atoms with Crippen molar-refractivity contribution in [1.82, 2.24) is 10.2 Å². The standard InChI is InChI=1S/C14H16F2N2O2/c1-3-12-13(19)18(14(20)17-12)7-8(2)9-4-5-10(15)11(16)6-9/h4-6,8,12H,3,7H2,1-2H3,(H,17,20)/t8-,12+/m1/s1. The van der Waals surface area contributed by atoms with Gasteiger partial charge in [-0.1, -0.05) is 19.9 Å². The monoisotopic (exact) mass is 282 g/mol. The number of hydrogen-bond donors (Lipinski definition) is 1. The number of nitrogens with zero attached hydrogens (tertiary/aromatic N) is 1. The third-order valence-corrected chi connectivity index (χ3v) is 3.48. The summed E-state index contributed by atoms with van der Waals surface area (Å²) >= 11 is 0. The summed E-state index contributed by atoms with van der Waals surface area (Å²) in [6, 6.07) is 2.67. The summed E-state index contributed by atoms with van der Waals surface area (Å²) in [5, 5.41) is 2.58. The highest BCUT2D eigenvalue weighted by atomic mass is 19.2. The van der Waals surface area contributed by atoms with Crippen LogP contribution in [0, 0.1) is 11.6 Å². The lowest BCUT2D eigenvalue weighted by Gasteiger charge is -2.19. The topological polar surface area (TPSA) is 49.4 Å². The average Bonchev–Trinajstić information content (AvgIpc) is 2.69. The number of carbonyl (C=O) groups is 2. The van der Waals surface area contributed by atoms with Gasteiger partial charge in [0, 0.05) is 6.54 Å². The molecule has 0 radical (unpaired) electrons. The third-order valence-electron chi connectivity index (χ3n) is 3.48. The van der Waals surface area contributed by atoms with Gasteiger partial charge in [-0.25, -0.2) is 13.6 Å². The van der Waals surface area contributed by atoms with Crippen molar-refractivity contribution >= 4 is 11.9 Å². The molecule has 2 rings (SSSR count). The number of benzene rings is 1. The van der Waals surface area contributed by atoms with Gasteiger partial charge < -0.3 is 5.32 Å². The van der Waals surface area contributed by atoms with E-state index < -0.39 is 23.7 Å². The molecule has 20 heavy (non-hydrogen) atoms. The molecule has 1 heterocycles. The molecule has 0 saturated carbocycles. The maximum Gasteiger partial charge on any atom is 0.324 e. The maximum absolute atomic E-state index is 13.2. The quantitative estimate of drug-likeness (QED) is 0.862. The Kier molecular flexibility index (Phi) is 4.01. The van der Waals surface area contributed by atoms with E-state index in [4.69, 9.17) is 0 Å². The summed E-state index contributed by atoms with van der Waals surface area (Å²) < 4.78 is 26.1. The smallest absolute Gasteiger partial charge is 0.324 e. The van der Waals surface area contributed by atoms with Gasteiger partial charge in [0.1, 0.15) is 6.04 Å². The van der Waals surface area contributed by atoms with Crippen molar-refractivity contribution in [2.45, 2.75) is 32.2 Å². The highest BCUT2D eigenvalue weighted by Gasteiger charge is 2.37. The summed E-state index contributed by atoms with van der Waals surface area (Å²) in [4.78, 5) is 24.8. The Morgan fingerprint density at radius 2 is 2.00 bits per heavy atom. The zero-order chi connectivity index (χ0) is 14.9. The van der Waals surface area contributed by atoms with Gasteiger partial charge in [0.2, 0.25) is 0 Å². The van der Waals surface area contributed by atoms with Gasteiger partial charge >= 0.3 is 6.03 Å². The fraction of sp³-hybridized carbons (Fsp3) is 0.429. The Morgan fingerprint density at radius 1 is 1.30 bits per heavy atom. The molecule has 1 fully saturated rings. The van der Waals surface area contributed by atoms with Crippen LogP contribution < -0.4 is 5.32 Å². The number of hydrogen-bond acceptors (Lipinski definition) is 2. The molecule has 6 heteroatoms. The van der Waals surface area contributed by atoms with Crippen molar-refractivity contribution in [3.63, 3.8) is 0 Å². The molecule has 1 aliphatic heterocycles. The summed E-state index contributed by atoms with van der Waals surface area (Å²) in [6.07, 6.45) is 0.528. The average molecular weight is 282 g/mol. The number of carbonyl (C=O) groups excluding carboxylic acids is 2. The van der Waals surface area contributed by atoms with Gasteiger partial charge in [0.05, 0.1) is 0 Å². The first-order chi connectivity index (χ1) is 9.43. The van der Waals surface area contributed by atoms with E-state index in [1.807, 2.05) is 6.92 Å². The molecule has 0 spiro atoms. The van der Waals surface area contributed by atoms with Crippen LogP contribution in [0.5, 0.6) is 0 Å². The molecule has 108 valence electrons. The van der Waals surface area contributed by atoms with Crippen molar-refractivity contribution < 1.29 is 18.4 Å². The van der Waals surface area contributed by atoms with Crippen LogP contribution in [0.25, 0.3) is 0 Å². The summed E-state index contributed by atoms with van der Waals surface area (Å²) in [5.41, 5.74) is 0.546. The molecule has 1 aliphatic rings. The second kappa shape index (κ2) is 5.56. The van der Waals surface area contributed by atoms with Gasteiger partial charge in [0.15, 0.2) is 11.6 Å². The molecular weight excluding hydrogens is 266 g/mol. The minimum atomic E-state index is -0.932. The summed E-state index contributed by atoms with van der Waals surface area (Å²) in [6.45, 7) is 3.71. The highest BCUT2D eigenvalue weighted by molar-refractivity contribution is 6.04. The molecule has 1 N–H and O–H groups in total. The van der Waals surface area contributed by atoms with Crippen LogP contribution >= 0.6 is 0 Å². The number of nitrogens with one attached hydrogen (secondary N) is 1. The van der Waals surface area contributed by atoms with Crippen LogP contribution in [0.1, 0.15) is 31.7 Å². The summed E-state index contributed by atoms with van der Waals surface area (Å²) in [5.74, 6) is -2.39. The van der Waals surface area contributed by atoms with E-state index in [-0.39, 0.29) is 18.4 Å². The number of amides is 3. The summed E-state index contributed by atoms with van der Waals surface area (Å²) in [7, 11) is 0. The minimum absolute atomic E-state index is 0.145. The van der Waals surface area contributed by atoms with Crippen molar-refractivity contribution in [2.24, 2.45) is 0 Å². The largest absolute Gasteiger partial charge is 0.326 e. The van der Waals surface area contributed by atoms with Gasteiger partial charge in [-0.2, -0.15) is 0 Å². The fourth-order valence-electron chi connectivity index (χ4n) is 2.22. The predicted molar refractivity (Wildman–Crippen MR) is 69.1 cm³/mol. The molecule has 0 aliphatic carbocycles. The number of imide groups is 1. The Labute approximate surface area is 115 Å². The van der Waals surface area contributed by atoms with Crippen LogP contribution in [-0.4, -0.2) is 29.4 Å². The number of halogens is 2. The first-order valence-corrected chi connectivity index (χ1v) is 6.50. The van der Waals surface area contributed by atoms with E-state index >= 15 is 0 Å². The lowest BCUT2D eigenvalue weighted by molar-refractivity contribution is -0.127. The van der Waals surface area contributed by atoms with E-state index in [9.17, 15) is 18.4 Å². The lowest BCUT2D eigenvalue weighted by atomic mass is 10.0. The van der Waals surface area contributed by atoms with E-state index in [1.165, 1.54) is 6.07 Å². The van der Waals surface area contributed by atoms with Crippen LogP contribution in [0.15, 0.2) is 18.2 Å². The third kappa shape index (κ3) is 2.64. The van der Waals surface area contributed by atoms with Gasteiger partial charge in [0.25, 0.3) is 5.91 Å². The molecule has 4 nitrogen and oxygen atoms in total. The van der Waals surface area contributed by atoms with E-state index in [0.29, 0.717) is 12.0 Å². The predicted octanol–water partition coefficient (Wildman–Crippen LogP) is 2.40. The van der Waals surface area contributed by atoms with Crippen LogP contribution in [0.2, 0.25) is 0 Å². The maximum atomic E-state index is 13.2. The Morgan fingerprint density at radius 3 is 2.55 bits per heavy atom. The second-order valence-corrected chi connectivity index (χ2v) is 4.93. The number of rotatable bonds is 4. The molecule has 0 bridgehead atoms. The zero-order valence-corrected chi connectivity index (χ0v) is 11.3. The van der Waals surface area contributed by atoms with Crippen LogP contribution in [0.4, 0.5) is 13.6 Å². The van der Waals surface area contributed by atoms with Gasteiger partial charge in [-0.15, -0.1) is 0 Å². The highest BCUT2D eigenvalue weighted by Crippen LogP contribution is 2.21. The molecule has 1 aromatic carbocycles. The molecule has 1 aromatic rings. The SMILES string of the molecule is CC[C@@H]1NC(=O)N(C[C@@H](C)c2ccc(F)c(F)c2)C1=O. The van der Waals surface area contributed by atoms with Crippen LogP contribution in [-0.2, 0) is 4.79 Å². The first kappa shape index (κ1) is 14.4. The van der Waals surface area contributed by atoms with Crippen molar-refractivity contribution in [3.8, 4) is 0 Å². The molecule has 0 aromatic heterocycles. The second-order valence-electron chi connectivity index (χ2n) is 4.93. The number of urea groups is 1. The first-order valence-electron chi connectivity index (χ1n) is 6.50. The fourth-order valence-corrected chi connectivity index (χ4v) is 2.22. The van der Waals surface area contributed by atoms with E-state index in [0.717, 1.165) is 17.0 Å². The van der Waals surface area contributed by atoms with E-state index in [2.05, 4.69) is 5.32 Å². The van der Waals surface area contributed by atoms with Gasteiger partial charge in [-0.3, -0.25) is 9.69 Å².